The van der Waals surface area contributed by atoms with E-state index in [-0.39, 0.29) is 13.0 Å². The van der Waals surface area contributed by atoms with E-state index in [9.17, 15) is 18.0 Å². The first-order valence-electron chi connectivity index (χ1n) is 3.69. The molecule has 0 bridgehead atoms. The number of aromatic nitrogens is 2. The van der Waals surface area contributed by atoms with Crippen LogP contribution in [0.5, 0.6) is 0 Å². The van der Waals surface area contributed by atoms with Gasteiger partial charge in [-0.1, -0.05) is 0 Å². The number of hydrogen-bond acceptors (Lipinski definition) is 2. The zero-order valence-corrected chi connectivity index (χ0v) is 6.93. The molecule has 0 saturated carbocycles. The first kappa shape index (κ1) is 10.4. The van der Waals surface area contributed by atoms with Gasteiger partial charge in [-0.15, -0.1) is 0 Å². The largest absolute Gasteiger partial charge is 0.432 e. The maximum absolute atomic E-state index is 12.1. The summed E-state index contributed by atoms with van der Waals surface area (Å²) in [6.07, 6.45) is -4.57. The lowest BCUT2D eigenvalue weighted by Crippen LogP contribution is -2.15. The van der Waals surface area contributed by atoms with Crippen LogP contribution < -0.4 is 5.56 Å². The number of H-pyrrole nitrogens is 1. The normalized spacial score (nSPS) is 11.3. The Hall–Kier alpha value is -1.71. The Morgan fingerprint density at radius 2 is 2.21 bits per heavy atom. The van der Waals surface area contributed by atoms with Crippen LogP contribution in [-0.2, 0) is 12.7 Å². The van der Waals surface area contributed by atoms with Gasteiger partial charge in [-0.2, -0.15) is 18.4 Å². The van der Waals surface area contributed by atoms with Crippen LogP contribution in [0.3, 0.4) is 0 Å². The number of nitrogens with one attached hydrogen (secondary N) is 1. The highest BCUT2D eigenvalue weighted by Crippen LogP contribution is 2.26. The molecule has 0 aliphatic rings. The van der Waals surface area contributed by atoms with Gasteiger partial charge in [0.05, 0.1) is 19.0 Å². The fourth-order valence-electron chi connectivity index (χ4n) is 0.907. The molecular formula is C7H6F3N3O. The maximum atomic E-state index is 12.1. The Labute approximate surface area is 76.5 Å². The Kier molecular flexibility index (Phi) is 2.65. The van der Waals surface area contributed by atoms with Crippen LogP contribution in [-0.4, -0.2) is 9.78 Å². The van der Waals surface area contributed by atoms with Crippen molar-refractivity contribution < 1.29 is 13.2 Å². The molecule has 0 unspecified atom stereocenters. The van der Waals surface area contributed by atoms with E-state index in [2.05, 4.69) is 0 Å². The molecule has 0 radical (unpaired) electrons. The molecule has 1 aromatic rings. The molecule has 0 aromatic carbocycles. The topological polar surface area (TPSA) is 61.6 Å². The number of aryl methyl sites for hydroxylation is 1. The van der Waals surface area contributed by atoms with Crippen molar-refractivity contribution in [3.05, 3.63) is 22.1 Å². The van der Waals surface area contributed by atoms with Gasteiger partial charge in [0, 0.05) is 6.07 Å². The van der Waals surface area contributed by atoms with Crippen LogP contribution in [0, 0.1) is 11.3 Å². The molecule has 1 N–H and O–H groups in total. The summed E-state index contributed by atoms with van der Waals surface area (Å²) in [6.45, 7) is -0.0641. The lowest BCUT2D eigenvalue weighted by molar-refractivity contribution is -0.141. The smallest absolute Gasteiger partial charge is 0.291 e. The molecule has 14 heavy (non-hydrogen) atoms. The third kappa shape index (κ3) is 2.16. The van der Waals surface area contributed by atoms with E-state index < -0.39 is 17.4 Å². The maximum Gasteiger partial charge on any atom is 0.432 e. The first-order valence-corrected chi connectivity index (χ1v) is 3.69. The summed E-state index contributed by atoms with van der Waals surface area (Å²) >= 11 is 0. The summed E-state index contributed by atoms with van der Waals surface area (Å²) in [7, 11) is 0. The van der Waals surface area contributed by atoms with Crippen LogP contribution in [0.25, 0.3) is 0 Å². The molecule has 1 heterocycles. The van der Waals surface area contributed by atoms with Gasteiger partial charge in [-0.3, -0.25) is 14.6 Å². The fourth-order valence-corrected chi connectivity index (χ4v) is 0.907. The van der Waals surface area contributed by atoms with Crippen molar-refractivity contribution >= 4 is 0 Å². The third-order valence-electron chi connectivity index (χ3n) is 1.54. The minimum Gasteiger partial charge on any atom is -0.291 e. The average Bonchev–Trinajstić information content (AvgIpc) is 2.43. The molecule has 7 heteroatoms. The van der Waals surface area contributed by atoms with E-state index in [1.54, 1.807) is 6.07 Å². The van der Waals surface area contributed by atoms with Crippen LogP contribution in [0.15, 0.2) is 10.9 Å². The molecule has 1 rings (SSSR count). The summed E-state index contributed by atoms with van der Waals surface area (Å²) in [5.74, 6) is 0. The number of hydrogen-bond donors (Lipinski definition) is 1. The SMILES string of the molecule is N#CCCn1[nH]c(C(F)(F)F)cc1=O. The van der Waals surface area contributed by atoms with Gasteiger partial charge < -0.3 is 0 Å². The molecule has 0 saturated heterocycles. The van der Waals surface area contributed by atoms with Gasteiger partial charge >= 0.3 is 6.18 Å². The molecule has 0 atom stereocenters. The standard InChI is InChI=1S/C7H6F3N3O/c8-7(9,10)5-4-6(14)13(12-5)3-1-2-11/h4,12H,1,3H2. The Bertz CT molecular complexity index is 409. The number of rotatable bonds is 2. The van der Waals surface area contributed by atoms with Crippen molar-refractivity contribution in [2.24, 2.45) is 0 Å². The molecule has 1 aromatic heterocycles. The highest BCUT2D eigenvalue weighted by Gasteiger charge is 2.33. The molecule has 0 amide bonds. The van der Waals surface area contributed by atoms with Crippen molar-refractivity contribution in [1.82, 2.24) is 9.78 Å². The van der Waals surface area contributed by atoms with Gasteiger partial charge in [0.2, 0.25) is 0 Å². The van der Waals surface area contributed by atoms with Crippen LogP contribution in [0.2, 0.25) is 0 Å². The molecule has 0 fully saturated rings. The highest BCUT2D eigenvalue weighted by molar-refractivity contribution is 5.03. The third-order valence-corrected chi connectivity index (χ3v) is 1.54. The van der Waals surface area contributed by atoms with Crippen molar-refractivity contribution in [2.75, 3.05) is 0 Å². The summed E-state index contributed by atoms with van der Waals surface area (Å²) in [5, 5.41) is 10.1. The minimum absolute atomic E-state index is 0.0162. The van der Waals surface area contributed by atoms with Gasteiger partial charge in [0.1, 0.15) is 5.69 Å². The fraction of sp³-hybridized carbons (Fsp3) is 0.429. The minimum atomic E-state index is -4.56. The van der Waals surface area contributed by atoms with E-state index in [1.807, 2.05) is 5.10 Å². The number of alkyl halides is 3. The predicted octanol–water partition coefficient (Wildman–Crippen LogP) is 1.11. The van der Waals surface area contributed by atoms with Crippen molar-refractivity contribution in [3.8, 4) is 6.07 Å². The second-order valence-electron chi connectivity index (χ2n) is 2.57. The van der Waals surface area contributed by atoms with Gasteiger partial charge in [-0.05, 0) is 0 Å². The molecule has 4 nitrogen and oxygen atoms in total. The van der Waals surface area contributed by atoms with E-state index in [1.165, 1.54) is 0 Å². The molecule has 0 aliphatic carbocycles. The van der Waals surface area contributed by atoms with Gasteiger partial charge in [0.25, 0.3) is 5.56 Å². The zero-order valence-electron chi connectivity index (χ0n) is 6.93. The quantitative estimate of drug-likeness (QED) is 0.785. The van der Waals surface area contributed by atoms with Crippen LogP contribution in [0.4, 0.5) is 13.2 Å². The van der Waals surface area contributed by atoms with E-state index >= 15 is 0 Å². The monoisotopic (exact) mass is 205 g/mol. The number of halogens is 3. The Balaban J connectivity index is 2.95. The molecule has 0 aliphatic heterocycles. The number of aromatic amines is 1. The van der Waals surface area contributed by atoms with Crippen molar-refractivity contribution in [1.29, 1.82) is 5.26 Å². The van der Waals surface area contributed by atoms with E-state index in [0.29, 0.717) is 6.07 Å². The number of nitrogens with zero attached hydrogens (tertiary/aromatic N) is 2. The van der Waals surface area contributed by atoms with Gasteiger partial charge in [-0.25, -0.2) is 0 Å². The summed E-state index contributed by atoms with van der Waals surface area (Å²) in [5.41, 5.74) is -1.88. The summed E-state index contributed by atoms with van der Waals surface area (Å²) in [4.78, 5) is 10.9. The highest BCUT2D eigenvalue weighted by atomic mass is 19.4. The molecule has 76 valence electrons. The van der Waals surface area contributed by atoms with E-state index in [4.69, 9.17) is 5.26 Å². The Morgan fingerprint density at radius 3 is 2.64 bits per heavy atom. The zero-order chi connectivity index (χ0) is 10.8. The first-order chi connectivity index (χ1) is 6.45. The van der Waals surface area contributed by atoms with Crippen LogP contribution >= 0.6 is 0 Å². The lowest BCUT2D eigenvalue weighted by atomic mass is 10.4. The Morgan fingerprint density at radius 1 is 1.57 bits per heavy atom. The van der Waals surface area contributed by atoms with Crippen LogP contribution in [0.1, 0.15) is 12.1 Å². The average molecular weight is 205 g/mol. The molecule has 0 spiro atoms. The summed E-state index contributed by atoms with van der Waals surface area (Å²) in [6, 6.07) is 2.20. The second kappa shape index (κ2) is 3.57. The lowest BCUT2D eigenvalue weighted by Gasteiger charge is -2.02. The second-order valence-corrected chi connectivity index (χ2v) is 2.57. The number of nitriles is 1. The van der Waals surface area contributed by atoms with Crippen molar-refractivity contribution in [3.63, 3.8) is 0 Å². The van der Waals surface area contributed by atoms with Crippen molar-refractivity contribution in [2.45, 2.75) is 19.1 Å². The molecular weight excluding hydrogens is 199 g/mol. The van der Waals surface area contributed by atoms with E-state index in [0.717, 1.165) is 4.68 Å². The summed E-state index contributed by atoms with van der Waals surface area (Å²) < 4.78 is 36.9. The van der Waals surface area contributed by atoms with Gasteiger partial charge in [0.15, 0.2) is 0 Å². The predicted molar refractivity (Wildman–Crippen MR) is 40.3 cm³/mol.